The first-order chi connectivity index (χ1) is 11.5. The highest BCUT2D eigenvalue weighted by Gasteiger charge is 2.62. The molecular formula is C18H25NO5. The lowest BCUT2D eigenvalue weighted by Gasteiger charge is -2.47. The van der Waals surface area contributed by atoms with Gasteiger partial charge in [-0.3, -0.25) is 4.79 Å². The van der Waals surface area contributed by atoms with Crippen molar-refractivity contribution in [3.63, 3.8) is 0 Å². The fraction of sp³-hybridized carbons (Fsp3) is 0.667. The van der Waals surface area contributed by atoms with E-state index >= 15 is 0 Å². The predicted octanol–water partition coefficient (Wildman–Crippen LogP) is 1.40. The third-order valence-corrected chi connectivity index (χ3v) is 5.26. The summed E-state index contributed by atoms with van der Waals surface area (Å²) in [7, 11) is 0. The van der Waals surface area contributed by atoms with Gasteiger partial charge in [0.2, 0.25) is 5.91 Å². The van der Waals surface area contributed by atoms with Crippen molar-refractivity contribution >= 4 is 11.9 Å². The molecule has 5 atom stereocenters. The summed E-state index contributed by atoms with van der Waals surface area (Å²) in [6, 6.07) is -0.151. The number of fused-ring (bicyclic) bond motifs is 3. The van der Waals surface area contributed by atoms with E-state index < -0.39 is 18.0 Å². The summed E-state index contributed by atoms with van der Waals surface area (Å²) in [5.74, 6) is -1.08. The van der Waals surface area contributed by atoms with Crippen molar-refractivity contribution in [2.75, 3.05) is 13.2 Å². The topological polar surface area (TPSA) is 76.1 Å². The maximum atomic E-state index is 12.6. The summed E-state index contributed by atoms with van der Waals surface area (Å²) in [5, 5.41) is 9.99. The highest BCUT2D eigenvalue weighted by atomic mass is 16.5. The van der Waals surface area contributed by atoms with Gasteiger partial charge >= 0.3 is 5.97 Å². The standard InChI is InChI=1S/C18H25NO5/c1-4-9-24-18(22)16-14-11(7-6-8-12(14)23-5-2)15-13(10(3)20)17(21)19(15)16/h4,10-13,15,20H,1,5-9H2,2-3H3. The van der Waals surface area contributed by atoms with Gasteiger partial charge in [0.25, 0.3) is 0 Å². The molecule has 2 aliphatic heterocycles. The summed E-state index contributed by atoms with van der Waals surface area (Å²) < 4.78 is 11.1. The summed E-state index contributed by atoms with van der Waals surface area (Å²) in [4.78, 5) is 26.7. The second-order valence-electron chi connectivity index (χ2n) is 6.64. The first-order valence-corrected chi connectivity index (χ1v) is 8.67. The molecule has 2 fully saturated rings. The van der Waals surface area contributed by atoms with Crippen LogP contribution in [-0.4, -0.2) is 53.3 Å². The number of hydrogen-bond acceptors (Lipinski definition) is 5. The van der Waals surface area contributed by atoms with E-state index in [9.17, 15) is 14.7 Å². The first kappa shape index (κ1) is 17.2. The van der Waals surface area contributed by atoms with Gasteiger partial charge in [-0.25, -0.2) is 4.79 Å². The van der Waals surface area contributed by atoms with Crippen LogP contribution in [0, 0.1) is 11.8 Å². The van der Waals surface area contributed by atoms with Crippen LogP contribution in [0.2, 0.25) is 0 Å². The van der Waals surface area contributed by atoms with Crippen LogP contribution in [0.4, 0.5) is 0 Å². The number of aliphatic hydroxyl groups excluding tert-OH is 1. The molecule has 1 saturated carbocycles. The third-order valence-electron chi connectivity index (χ3n) is 5.26. The van der Waals surface area contributed by atoms with E-state index in [1.807, 2.05) is 6.92 Å². The average molecular weight is 335 g/mol. The molecule has 0 aromatic rings. The van der Waals surface area contributed by atoms with E-state index in [1.165, 1.54) is 6.08 Å². The Labute approximate surface area is 142 Å². The summed E-state index contributed by atoms with van der Waals surface area (Å²) in [6.45, 7) is 7.76. The molecule has 6 nitrogen and oxygen atoms in total. The fourth-order valence-corrected chi connectivity index (χ4v) is 4.40. The third kappa shape index (κ3) is 2.48. The molecule has 1 N–H and O–H groups in total. The van der Waals surface area contributed by atoms with Crippen molar-refractivity contribution < 1.29 is 24.2 Å². The second kappa shape index (κ2) is 6.69. The molecule has 5 unspecified atom stereocenters. The number of aliphatic hydroxyl groups is 1. The van der Waals surface area contributed by atoms with Crippen molar-refractivity contribution in [1.29, 1.82) is 0 Å². The van der Waals surface area contributed by atoms with Crippen LogP contribution in [0.1, 0.15) is 33.1 Å². The Morgan fingerprint density at radius 3 is 2.88 bits per heavy atom. The Balaban J connectivity index is 1.99. The molecule has 0 bridgehead atoms. The van der Waals surface area contributed by atoms with Crippen LogP contribution in [0.5, 0.6) is 0 Å². The highest BCUT2D eigenvalue weighted by Crippen LogP contribution is 2.52. The van der Waals surface area contributed by atoms with Crippen molar-refractivity contribution in [2.24, 2.45) is 11.8 Å². The number of amides is 1. The number of rotatable bonds is 6. The van der Waals surface area contributed by atoms with Crippen LogP contribution in [0.25, 0.3) is 0 Å². The molecule has 0 radical (unpaired) electrons. The minimum atomic E-state index is -0.726. The lowest BCUT2D eigenvalue weighted by Crippen LogP contribution is -2.64. The van der Waals surface area contributed by atoms with E-state index in [1.54, 1.807) is 11.8 Å². The summed E-state index contributed by atoms with van der Waals surface area (Å²) in [6.07, 6.45) is 3.34. The average Bonchev–Trinajstić information content (AvgIpc) is 2.84. The van der Waals surface area contributed by atoms with Crippen molar-refractivity contribution in [1.82, 2.24) is 4.90 Å². The van der Waals surface area contributed by atoms with Gasteiger partial charge in [0.1, 0.15) is 12.3 Å². The molecule has 0 aromatic carbocycles. The lowest BCUT2D eigenvalue weighted by molar-refractivity contribution is -0.164. The van der Waals surface area contributed by atoms with Crippen LogP contribution in [-0.2, 0) is 19.1 Å². The quantitative estimate of drug-likeness (QED) is 0.451. The molecule has 1 saturated heterocycles. The van der Waals surface area contributed by atoms with E-state index in [0.717, 1.165) is 24.8 Å². The molecule has 3 aliphatic rings. The molecule has 3 rings (SSSR count). The fourth-order valence-electron chi connectivity index (χ4n) is 4.40. The Morgan fingerprint density at radius 2 is 2.25 bits per heavy atom. The van der Waals surface area contributed by atoms with Crippen molar-refractivity contribution in [2.45, 2.75) is 51.4 Å². The number of esters is 1. The van der Waals surface area contributed by atoms with E-state index in [0.29, 0.717) is 12.3 Å². The smallest absolute Gasteiger partial charge is 0.355 e. The van der Waals surface area contributed by atoms with Crippen LogP contribution >= 0.6 is 0 Å². The molecule has 0 spiro atoms. The van der Waals surface area contributed by atoms with Gasteiger partial charge in [-0.1, -0.05) is 12.7 Å². The number of carbonyl (C=O) groups is 2. The van der Waals surface area contributed by atoms with Gasteiger partial charge in [-0.2, -0.15) is 0 Å². The largest absolute Gasteiger partial charge is 0.457 e. The maximum Gasteiger partial charge on any atom is 0.355 e. The molecule has 6 heteroatoms. The molecule has 0 aromatic heterocycles. The summed E-state index contributed by atoms with van der Waals surface area (Å²) >= 11 is 0. The van der Waals surface area contributed by atoms with Gasteiger partial charge in [0.05, 0.1) is 24.2 Å². The SMILES string of the molecule is C=CCOC(=O)C1=C2C(OCC)CCCC2C2C(C(C)O)C(=O)N12. The zero-order valence-corrected chi connectivity index (χ0v) is 14.2. The maximum absolute atomic E-state index is 12.6. The van der Waals surface area contributed by atoms with Crippen LogP contribution in [0.3, 0.4) is 0 Å². The minimum absolute atomic E-state index is 0.0684. The van der Waals surface area contributed by atoms with Crippen LogP contribution < -0.4 is 0 Å². The molecule has 24 heavy (non-hydrogen) atoms. The van der Waals surface area contributed by atoms with E-state index in [-0.39, 0.29) is 30.6 Å². The first-order valence-electron chi connectivity index (χ1n) is 8.67. The minimum Gasteiger partial charge on any atom is -0.457 e. The molecule has 132 valence electrons. The number of β-lactam (4-membered cyclic amide) rings is 1. The number of hydrogen-bond donors (Lipinski definition) is 1. The van der Waals surface area contributed by atoms with E-state index in [4.69, 9.17) is 9.47 Å². The zero-order chi connectivity index (χ0) is 17.4. The monoisotopic (exact) mass is 335 g/mol. The van der Waals surface area contributed by atoms with Crippen LogP contribution in [0.15, 0.2) is 23.9 Å². The van der Waals surface area contributed by atoms with Gasteiger partial charge < -0.3 is 19.5 Å². The lowest BCUT2D eigenvalue weighted by atomic mass is 9.71. The van der Waals surface area contributed by atoms with E-state index in [2.05, 4.69) is 6.58 Å². The molecular weight excluding hydrogens is 310 g/mol. The number of carbonyl (C=O) groups excluding carboxylic acids is 2. The molecule has 1 amide bonds. The zero-order valence-electron chi connectivity index (χ0n) is 14.2. The molecule has 2 heterocycles. The van der Waals surface area contributed by atoms with Crippen molar-refractivity contribution in [3.8, 4) is 0 Å². The van der Waals surface area contributed by atoms with Gasteiger partial charge in [-0.05, 0) is 38.7 Å². The Morgan fingerprint density at radius 1 is 1.50 bits per heavy atom. The normalized spacial score (nSPS) is 32.8. The van der Waals surface area contributed by atoms with Gasteiger partial charge in [0, 0.05) is 12.5 Å². The molecule has 1 aliphatic carbocycles. The Bertz CT molecular complexity index is 580. The van der Waals surface area contributed by atoms with Gasteiger partial charge in [-0.15, -0.1) is 0 Å². The summed E-state index contributed by atoms with van der Waals surface area (Å²) in [5.41, 5.74) is 1.23. The second-order valence-corrected chi connectivity index (χ2v) is 6.64. The number of nitrogens with zero attached hydrogens (tertiary/aromatic N) is 1. The highest BCUT2D eigenvalue weighted by molar-refractivity contribution is 6.01. The van der Waals surface area contributed by atoms with Crippen molar-refractivity contribution in [3.05, 3.63) is 23.9 Å². The predicted molar refractivity (Wildman–Crippen MR) is 86.7 cm³/mol. The number of ether oxygens (including phenoxy) is 2. The van der Waals surface area contributed by atoms with Gasteiger partial charge in [0.15, 0.2) is 0 Å². The Kier molecular flexibility index (Phi) is 4.78. The Hall–Kier alpha value is -1.66.